The molecule has 68 valence electrons. The monoisotopic (exact) mass is 168 g/mol. The van der Waals surface area contributed by atoms with E-state index in [1.54, 1.807) is 0 Å². The van der Waals surface area contributed by atoms with E-state index in [2.05, 4.69) is 5.32 Å². The average Bonchev–Trinajstić information content (AvgIpc) is 2.50. The van der Waals surface area contributed by atoms with Crippen molar-refractivity contribution in [3.8, 4) is 0 Å². The Morgan fingerprint density at radius 1 is 1.50 bits per heavy atom. The van der Waals surface area contributed by atoms with Crippen molar-refractivity contribution in [3.63, 3.8) is 0 Å². The van der Waals surface area contributed by atoms with Crippen LogP contribution in [-0.2, 0) is 4.79 Å². The van der Waals surface area contributed by atoms with Crippen molar-refractivity contribution in [2.45, 2.75) is 19.3 Å². The van der Waals surface area contributed by atoms with E-state index in [0.29, 0.717) is 5.91 Å². The fraction of sp³-hybridized carbons (Fsp3) is 0.889. The van der Waals surface area contributed by atoms with Crippen molar-refractivity contribution < 1.29 is 4.79 Å². The zero-order chi connectivity index (χ0) is 8.60. The molecule has 2 rings (SSSR count). The highest BCUT2D eigenvalue weighted by Gasteiger charge is 2.44. The highest BCUT2D eigenvalue weighted by Crippen LogP contribution is 2.35. The number of carbonyl (C=O) groups is 1. The summed E-state index contributed by atoms with van der Waals surface area (Å²) in [5, 5.41) is 3.29. The Hall–Kier alpha value is -0.570. The predicted molar refractivity (Wildman–Crippen MR) is 46.8 cm³/mol. The quantitative estimate of drug-likeness (QED) is 0.561. The fourth-order valence-corrected chi connectivity index (χ4v) is 2.41. The summed E-state index contributed by atoms with van der Waals surface area (Å²) in [6, 6.07) is 0. The maximum Gasteiger partial charge on any atom is 0.229 e. The topological polar surface area (TPSA) is 32.3 Å². The molecule has 1 N–H and O–H groups in total. The van der Waals surface area contributed by atoms with Crippen LogP contribution in [0.25, 0.3) is 0 Å². The molecule has 0 aromatic rings. The van der Waals surface area contributed by atoms with Crippen molar-refractivity contribution in [3.05, 3.63) is 0 Å². The van der Waals surface area contributed by atoms with Crippen LogP contribution in [0.3, 0.4) is 0 Å². The maximum atomic E-state index is 11.8. The summed E-state index contributed by atoms with van der Waals surface area (Å²) >= 11 is 0. The molecule has 2 aliphatic heterocycles. The fourth-order valence-electron chi connectivity index (χ4n) is 2.41. The van der Waals surface area contributed by atoms with Crippen molar-refractivity contribution in [1.82, 2.24) is 10.2 Å². The second-order valence-corrected chi connectivity index (χ2v) is 4.04. The predicted octanol–water partition coefficient (Wildman–Crippen LogP) is 0.218. The number of nitrogens with zero attached hydrogens (tertiary/aromatic N) is 1. The number of amides is 1. The molecular formula is C9H16N2O. The third-order valence-electron chi connectivity index (χ3n) is 3.19. The number of hydrogen-bond acceptors (Lipinski definition) is 2. The Bertz CT molecular complexity index is 197. The standard InChI is InChI=1S/C9H16N2O/c1-11-6-2-3-9(8(11)12)4-5-10-7-9/h10H,2-7H2,1H3/t9-/m0/s1. The van der Waals surface area contributed by atoms with E-state index in [4.69, 9.17) is 0 Å². The number of hydrogen-bond donors (Lipinski definition) is 1. The van der Waals surface area contributed by atoms with Gasteiger partial charge in [0.2, 0.25) is 5.91 Å². The zero-order valence-electron chi connectivity index (χ0n) is 7.60. The number of nitrogens with one attached hydrogen (secondary N) is 1. The van der Waals surface area contributed by atoms with Crippen molar-refractivity contribution >= 4 is 5.91 Å². The van der Waals surface area contributed by atoms with Gasteiger partial charge in [-0.2, -0.15) is 0 Å². The van der Waals surface area contributed by atoms with Gasteiger partial charge in [0.1, 0.15) is 0 Å². The third-order valence-corrected chi connectivity index (χ3v) is 3.19. The molecule has 0 unspecified atom stereocenters. The summed E-state index contributed by atoms with van der Waals surface area (Å²) in [6.45, 7) is 2.86. The first-order valence-corrected chi connectivity index (χ1v) is 4.71. The summed E-state index contributed by atoms with van der Waals surface area (Å²) in [5.41, 5.74) is -0.0208. The number of carbonyl (C=O) groups excluding carboxylic acids is 1. The molecule has 1 amide bonds. The van der Waals surface area contributed by atoms with E-state index in [0.717, 1.165) is 32.5 Å². The van der Waals surface area contributed by atoms with Crippen LogP contribution in [0.1, 0.15) is 19.3 Å². The highest BCUT2D eigenvalue weighted by atomic mass is 16.2. The van der Waals surface area contributed by atoms with Gasteiger partial charge in [0.25, 0.3) is 0 Å². The first kappa shape index (κ1) is 8.05. The summed E-state index contributed by atoms with van der Waals surface area (Å²) in [5.74, 6) is 0.360. The lowest BCUT2D eigenvalue weighted by Gasteiger charge is -2.36. The van der Waals surface area contributed by atoms with Gasteiger partial charge in [0.05, 0.1) is 5.41 Å². The van der Waals surface area contributed by atoms with Crippen LogP contribution in [-0.4, -0.2) is 37.5 Å². The summed E-state index contributed by atoms with van der Waals surface area (Å²) in [6.07, 6.45) is 3.29. The Balaban J connectivity index is 2.17. The number of piperidine rings is 1. The normalized spacial score (nSPS) is 36.4. The molecule has 0 radical (unpaired) electrons. The van der Waals surface area contributed by atoms with Crippen LogP contribution >= 0.6 is 0 Å². The molecule has 1 spiro atoms. The molecule has 2 fully saturated rings. The van der Waals surface area contributed by atoms with E-state index < -0.39 is 0 Å². The van der Waals surface area contributed by atoms with E-state index in [1.165, 1.54) is 6.42 Å². The van der Waals surface area contributed by atoms with Crippen LogP contribution in [0.5, 0.6) is 0 Å². The largest absolute Gasteiger partial charge is 0.345 e. The number of likely N-dealkylation sites (tertiary alicyclic amines) is 1. The van der Waals surface area contributed by atoms with Gasteiger partial charge in [-0.15, -0.1) is 0 Å². The van der Waals surface area contributed by atoms with Crippen LogP contribution in [0, 0.1) is 5.41 Å². The van der Waals surface area contributed by atoms with Crippen LogP contribution in [0.4, 0.5) is 0 Å². The number of rotatable bonds is 0. The average molecular weight is 168 g/mol. The van der Waals surface area contributed by atoms with Gasteiger partial charge >= 0.3 is 0 Å². The summed E-state index contributed by atoms with van der Waals surface area (Å²) in [4.78, 5) is 13.7. The summed E-state index contributed by atoms with van der Waals surface area (Å²) in [7, 11) is 1.92. The Morgan fingerprint density at radius 3 is 3.00 bits per heavy atom. The Kier molecular flexibility index (Phi) is 1.83. The zero-order valence-corrected chi connectivity index (χ0v) is 7.60. The molecule has 0 aromatic carbocycles. The van der Waals surface area contributed by atoms with Crippen LogP contribution in [0.2, 0.25) is 0 Å². The van der Waals surface area contributed by atoms with Gasteiger partial charge < -0.3 is 10.2 Å². The van der Waals surface area contributed by atoms with Crippen molar-refractivity contribution in [1.29, 1.82) is 0 Å². The minimum absolute atomic E-state index is 0.0208. The molecule has 2 aliphatic rings. The van der Waals surface area contributed by atoms with Crippen molar-refractivity contribution in [2.24, 2.45) is 5.41 Å². The molecule has 0 bridgehead atoms. The molecule has 3 heteroatoms. The second kappa shape index (κ2) is 2.73. The second-order valence-electron chi connectivity index (χ2n) is 4.04. The van der Waals surface area contributed by atoms with Gasteiger partial charge in [0.15, 0.2) is 0 Å². The molecule has 0 aromatic heterocycles. The lowest BCUT2D eigenvalue weighted by atomic mass is 9.78. The van der Waals surface area contributed by atoms with Crippen LogP contribution < -0.4 is 5.32 Å². The lowest BCUT2D eigenvalue weighted by Crippen LogP contribution is -2.47. The van der Waals surface area contributed by atoms with Crippen molar-refractivity contribution in [2.75, 3.05) is 26.7 Å². The maximum absolute atomic E-state index is 11.8. The smallest absolute Gasteiger partial charge is 0.229 e. The van der Waals surface area contributed by atoms with E-state index in [-0.39, 0.29) is 5.41 Å². The third kappa shape index (κ3) is 1.04. The van der Waals surface area contributed by atoms with Gasteiger partial charge in [-0.05, 0) is 25.8 Å². The minimum Gasteiger partial charge on any atom is -0.345 e. The molecule has 0 saturated carbocycles. The molecular weight excluding hydrogens is 152 g/mol. The van der Waals surface area contributed by atoms with Gasteiger partial charge in [-0.3, -0.25) is 4.79 Å². The summed E-state index contributed by atoms with van der Waals surface area (Å²) < 4.78 is 0. The molecule has 1 atom stereocenters. The van der Waals surface area contributed by atoms with Gasteiger partial charge in [-0.25, -0.2) is 0 Å². The van der Waals surface area contributed by atoms with Gasteiger partial charge in [-0.1, -0.05) is 0 Å². The van der Waals surface area contributed by atoms with Gasteiger partial charge in [0, 0.05) is 20.1 Å². The minimum atomic E-state index is -0.0208. The molecule has 2 heterocycles. The molecule has 12 heavy (non-hydrogen) atoms. The highest BCUT2D eigenvalue weighted by molar-refractivity contribution is 5.83. The Morgan fingerprint density at radius 2 is 2.33 bits per heavy atom. The molecule has 2 saturated heterocycles. The van der Waals surface area contributed by atoms with E-state index in [1.807, 2.05) is 11.9 Å². The first-order valence-electron chi connectivity index (χ1n) is 4.71. The van der Waals surface area contributed by atoms with E-state index in [9.17, 15) is 4.79 Å². The SMILES string of the molecule is CN1CCC[C@@]2(CCNC2)C1=O. The first-order chi connectivity index (χ1) is 5.75. The van der Waals surface area contributed by atoms with Crippen LogP contribution in [0.15, 0.2) is 0 Å². The van der Waals surface area contributed by atoms with E-state index >= 15 is 0 Å². The lowest BCUT2D eigenvalue weighted by molar-refractivity contribution is -0.143. The molecule has 0 aliphatic carbocycles. The molecule has 3 nitrogen and oxygen atoms in total. The Labute approximate surface area is 73.1 Å².